The van der Waals surface area contributed by atoms with Crippen LogP contribution >= 0.6 is 0 Å². The molecular weight excluding hydrogens is 510 g/mol. The van der Waals surface area contributed by atoms with Crippen molar-refractivity contribution in [1.82, 2.24) is 25.8 Å². The number of nitrogens with one attached hydrogen (secondary N) is 4. The number of piperidine rings is 1. The third-order valence-corrected chi connectivity index (χ3v) is 9.04. The molecule has 4 amide bonds. The molecule has 5 rings (SSSR count). The molecule has 1 aliphatic carbocycles. The van der Waals surface area contributed by atoms with E-state index in [0.717, 1.165) is 10.9 Å². The maximum Gasteiger partial charge on any atom is 0.268 e. The molecule has 4 N–H and O–H groups in total. The van der Waals surface area contributed by atoms with Crippen LogP contribution in [0.4, 0.5) is 0 Å². The number of likely N-dealkylation sites (tertiary alicyclic amines) is 1. The number of rotatable bonds is 10. The van der Waals surface area contributed by atoms with Gasteiger partial charge in [0.25, 0.3) is 5.91 Å². The molecule has 0 bridgehead atoms. The molecule has 2 saturated heterocycles. The van der Waals surface area contributed by atoms with Gasteiger partial charge >= 0.3 is 0 Å². The number of aromatic nitrogens is 1. The Kier molecular flexibility index (Phi) is 7.46. The van der Waals surface area contributed by atoms with E-state index in [9.17, 15) is 24.0 Å². The first kappa shape index (κ1) is 27.9. The monoisotopic (exact) mass is 549 g/mol. The largest absolute Gasteiger partial charge is 0.356 e. The van der Waals surface area contributed by atoms with E-state index < -0.39 is 18.1 Å². The number of hydrogen-bond donors (Lipinski definition) is 4. The minimum Gasteiger partial charge on any atom is -0.356 e. The lowest BCUT2D eigenvalue weighted by atomic mass is 9.96. The van der Waals surface area contributed by atoms with Gasteiger partial charge in [0.2, 0.25) is 17.7 Å². The number of aromatic amines is 1. The standard InChI is InChI=1S/C30H39N5O5/c1-16(2)11-23(34-27(38)22-13-17-7-5-6-8-21(17)33-22)29(40)35-14-20-24(30(20,3)4)25(35)28(39)32-19(15-36)12-18-9-10-31-26(18)37/h5-8,13,15-16,18-20,23-25,33H,9-12,14H2,1-4H3,(H,31,37)(H,32,39)(H,34,38)/t18-,19-,20-,23-,24-,25-/m0/s1. The zero-order valence-electron chi connectivity index (χ0n) is 23.5. The molecule has 2 aromatic rings. The average molecular weight is 550 g/mol. The molecule has 214 valence electrons. The van der Waals surface area contributed by atoms with Crippen molar-refractivity contribution in [3.63, 3.8) is 0 Å². The van der Waals surface area contributed by atoms with Crippen molar-refractivity contribution in [3.05, 3.63) is 36.0 Å². The van der Waals surface area contributed by atoms with Crippen molar-refractivity contribution in [1.29, 1.82) is 0 Å². The van der Waals surface area contributed by atoms with Gasteiger partial charge < -0.3 is 30.6 Å². The third-order valence-electron chi connectivity index (χ3n) is 9.04. The van der Waals surface area contributed by atoms with E-state index in [1.165, 1.54) is 0 Å². The van der Waals surface area contributed by atoms with Gasteiger partial charge in [0.05, 0.1) is 6.04 Å². The second-order valence-corrected chi connectivity index (χ2v) is 12.6. The molecule has 1 aromatic heterocycles. The minimum absolute atomic E-state index is 0.0392. The molecule has 0 unspecified atom stereocenters. The van der Waals surface area contributed by atoms with Crippen LogP contribution in [0, 0.1) is 29.1 Å². The Bertz CT molecular complexity index is 1300. The molecule has 0 radical (unpaired) electrons. The van der Waals surface area contributed by atoms with Crippen molar-refractivity contribution in [2.75, 3.05) is 13.1 Å². The number of fused-ring (bicyclic) bond motifs is 2. The van der Waals surface area contributed by atoms with Crippen LogP contribution in [-0.2, 0) is 19.2 Å². The fourth-order valence-corrected chi connectivity index (χ4v) is 6.73. The Balaban J connectivity index is 1.33. The van der Waals surface area contributed by atoms with E-state index in [1.54, 1.807) is 11.0 Å². The number of benzene rings is 1. The molecule has 2 aliphatic heterocycles. The van der Waals surface area contributed by atoms with Gasteiger partial charge in [-0.25, -0.2) is 0 Å². The summed E-state index contributed by atoms with van der Waals surface area (Å²) in [4.78, 5) is 69.5. The number of aldehydes is 1. The summed E-state index contributed by atoms with van der Waals surface area (Å²) in [5, 5.41) is 9.41. The zero-order chi connectivity index (χ0) is 28.8. The van der Waals surface area contributed by atoms with Crippen molar-refractivity contribution >= 4 is 40.8 Å². The second kappa shape index (κ2) is 10.7. The van der Waals surface area contributed by atoms with Gasteiger partial charge in [0.15, 0.2) is 0 Å². The van der Waals surface area contributed by atoms with Gasteiger partial charge in [-0.15, -0.1) is 0 Å². The maximum absolute atomic E-state index is 14.0. The first-order chi connectivity index (χ1) is 19.0. The van der Waals surface area contributed by atoms with E-state index in [0.29, 0.717) is 37.9 Å². The Labute approximate surface area is 234 Å². The molecule has 1 aromatic carbocycles. The van der Waals surface area contributed by atoms with Crippen LogP contribution < -0.4 is 16.0 Å². The molecule has 6 atom stereocenters. The van der Waals surface area contributed by atoms with Gasteiger partial charge in [-0.3, -0.25) is 19.2 Å². The summed E-state index contributed by atoms with van der Waals surface area (Å²) in [5.74, 6) is -1.24. The van der Waals surface area contributed by atoms with E-state index in [1.807, 2.05) is 38.1 Å². The molecule has 10 nitrogen and oxygen atoms in total. The van der Waals surface area contributed by atoms with Gasteiger partial charge in [-0.2, -0.15) is 0 Å². The van der Waals surface area contributed by atoms with Crippen molar-refractivity contribution in [3.8, 4) is 0 Å². The summed E-state index contributed by atoms with van der Waals surface area (Å²) < 4.78 is 0. The highest BCUT2D eigenvalue weighted by Gasteiger charge is 2.69. The number of para-hydroxylation sites is 1. The highest BCUT2D eigenvalue weighted by atomic mass is 16.2. The first-order valence-electron chi connectivity index (χ1n) is 14.2. The number of hydrogen-bond acceptors (Lipinski definition) is 5. The molecular formula is C30H39N5O5. The molecule has 3 aliphatic rings. The van der Waals surface area contributed by atoms with Crippen LogP contribution in [0.25, 0.3) is 10.9 Å². The Morgan fingerprint density at radius 3 is 2.58 bits per heavy atom. The van der Waals surface area contributed by atoms with Crippen LogP contribution in [0.2, 0.25) is 0 Å². The highest BCUT2D eigenvalue weighted by molar-refractivity contribution is 6.01. The Hall–Kier alpha value is -3.69. The van der Waals surface area contributed by atoms with Gasteiger partial charge in [0.1, 0.15) is 24.1 Å². The molecule has 40 heavy (non-hydrogen) atoms. The topological polar surface area (TPSA) is 140 Å². The molecule has 3 heterocycles. The summed E-state index contributed by atoms with van der Waals surface area (Å²) in [7, 11) is 0. The molecule has 10 heteroatoms. The van der Waals surface area contributed by atoms with Crippen LogP contribution in [0.3, 0.4) is 0 Å². The zero-order valence-corrected chi connectivity index (χ0v) is 23.5. The number of carbonyl (C=O) groups excluding carboxylic acids is 5. The number of carbonyl (C=O) groups is 5. The van der Waals surface area contributed by atoms with Gasteiger partial charge in [0, 0.05) is 29.9 Å². The predicted octanol–water partition coefficient (Wildman–Crippen LogP) is 2.01. The highest BCUT2D eigenvalue weighted by Crippen LogP contribution is 2.65. The fourth-order valence-electron chi connectivity index (χ4n) is 6.73. The Morgan fingerprint density at radius 1 is 1.18 bits per heavy atom. The van der Waals surface area contributed by atoms with Crippen LogP contribution in [-0.4, -0.2) is 71.0 Å². The fraction of sp³-hybridized carbons (Fsp3) is 0.567. The summed E-state index contributed by atoms with van der Waals surface area (Å²) in [6.45, 7) is 9.13. The lowest BCUT2D eigenvalue weighted by Gasteiger charge is -2.34. The normalized spacial score (nSPS) is 26.2. The van der Waals surface area contributed by atoms with E-state index in [2.05, 4.69) is 34.8 Å². The lowest BCUT2D eigenvalue weighted by molar-refractivity contribution is -0.142. The number of H-pyrrole nitrogens is 1. The smallest absolute Gasteiger partial charge is 0.268 e. The van der Waals surface area contributed by atoms with Crippen molar-refractivity contribution in [2.24, 2.45) is 29.1 Å². The Morgan fingerprint density at radius 2 is 1.93 bits per heavy atom. The summed E-state index contributed by atoms with van der Waals surface area (Å²) in [5.41, 5.74) is 1.09. The molecule has 1 saturated carbocycles. The predicted molar refractivity (Wildman–Crippen MR) is 149 cm³/mol. The third kappa shape index (κ3) is 5.23. The summed E-state index contributed by atoms with van der Waals surface area (Å²) in [6, 6.07) is 6.97. The van der Waals surface area contributed by atoms with Crippen molar-refractivity contribution < 1.29 is 24.0 Å². The van der Waals surface area contributed by atoms with Crippen molar-refractivity contribution in [2.45, 2.75) is 65.1 Å². The van der Waals surface area contributed by atoms with E-state index >= 15 is 0 Å². The van der Waals surface area contributed by atoms with Gasteiger partial charge in [-0.05, 0) is 54.6 Å². The number of nitrogens with zero attached hydrogens (tertiary/aromatic N) is 1. The lowest BCUT2D eigenvalue weighted by Crippen LogP contribution is -2.57. The summed E-state index contributed by atoms with van der Waals surface area (Å²) >= 11 is 0. The second-order valence-electron chi connectivity index (χ2n) is 12.6. The van der Waals surface area contributed by atoms with Crippen LogP contribution in [0.5, 0.6) is 0 Å². The first-order valence-corrected chi connectivity index (χ1v) is 14.2. The van der Waals surface area contributed by atoms with E-state index in [-0.39, 0.29) is 59.1 Å². The molecule has 3 fully saturated rings. The quantitative estimate of drug-likeness (QED) is 0.336. The van der Waals surface area contributed by atoms with Gasteiger partial charge in [-0.1, -0.05) is 45.9 Å². The summed E-state index contributed by atoms with van der Waals surface area (Å²) in [6.07, 6.45) is 1.94. The SMILES string of the molecule is CC(C)C[C@H](NC(=O)c1cc2ccccc2[nH]1)C(=O)N1C[C@H]2[C@@H]([C@H]1C(=O)N[C@H](C=O)C[C@@H]1CCNC1=O)C2(C)C. The van der Waals surface area contributed by atoms with Crippen LogP contribution in [0.15, 0.2) is 30.3 Å². The van der Waals surface area contributed by atoms with Crippen LogP contribution in [0.1, 0.15) is 57.4 Å². The molecule has 0 spiro atoms. The number of amides is 4. The average Bonchev–Trinajstić information content (AvgIpc) is 3.42. The maximum atomic E-state index is 14.0. The van der Waals surface area contributed by atoms with E-state index in [4.69, 9.17) is 0 Å². The minimum atomic E-state index is -0.813.